The van der Waals surface area contributed by atoms with E-state index in [4.69, 9.17) is 9.47 Å². The topological polar surface area (TPSA) is 80.8 Å². The van der Waals surface area contributed by atoms with Crippen LogP contribution in [0.3, 0.4) is 0 Å². The minimum atomic E-state index is -0.503. The molecular formula is C15H23N3O4S. The van der Waals surface area contributed by atoms with E-state index in [0.717, 1.165) is 5.01 Å². The lowest BCUT2D eigenvalue weighted by Gasteiger charge is -2.33. The zero-order valence-corrected chi connectivity index (χ0v) is 14.7. The number of likely N-dealkylation sites (tertiary alicyclic amines) is 1. The fraction of sp³-hybridized carbons (Fsp3) is 0.667. The van der Waals surface area contributed by atoms with E-state index in [2.05, 4.69) is 10.3 Å². The highest BCUT2D eigenvalue weighted by atomic mass is 32.1. The molecule has 2 heterocycles. The third-order valence-corrected chi connectivity index (χ3v) is 4.04. The van der Waals surface area contributed by atoms with Crippen LogP contribution in [0, 0.1) is 6.92 Å². The number of nitrogens with one attached hydrogen (secondary N) is 1. The molecule has 2 amide bonds. The van der Waals surface area contributed by atoms with Gasteiger partial charge in [0.15, 0.2) is 0 Å². The Morgan fingerprint density at radius 3 is 2.52 bits per heavy atom. The number of carbonyl (C=O) groups is 2. The normalized spacial score (nSPS) is 16.1. The zero-order chi connectivity index (χ0) is 17.0. The van der Waals surface area contributed by atoms with Crippen LogP contribution in [0.1, 0.15) is 38.6 Å². The molecule has 0 radical (unpaired) electrons. The van der Waals surface area contributed by atoms with E-state index in [-0.39, 0.29) is 12.2 Å². The molecule has 0 atom stereocenters. The molecule has 1 N–H and O–H groups in total. The Bertz CT molecular complexity index is 559. The number of hydrogen-bond acceptors (Lipinski definition) is 6. The van der Waals surface area contributed by atoms with Crippen LogP contribution in [-0.4, -0.2) is 46.9 Å². The van der Waals surface area contributed by atoms with Crippen molar-refractivity contribution in [3.05, 3.63) is 11.2 Å². The predicted molar refractivity (Wildman–Crippen MR) is 87.8 cm³/mol. The highest BCUT2D eigenvalue weighted by Crippen LogP contribution is 2.20. The molecule has 0 spiro atoms. The molecule has 0 bridgehead atoms. The lowest BCUT2D eigenvalue weighted by atomic mass is 10.1. The molecule has 7 nitrogen and oxygen atoms in total. The van der Waals surface area contributed by atoms with E-state index < -0.39 is 11.7 Å². The maximum atomic E-state index is 12.0. The summed E-state index contributed by atoms with van der Waals surface area (Å²) in [5.74, 6) is 0. The Hall–Kier alpha value is -1.83. The first kappa shape index (κ1) is 17.5. The van der Waals surface area contributed by atoms with Crippen molar-refractivity contribution in [2.24, 2.45) is 0 Å². The van der Waals surface area contributed by atoms with Crippen molar-refractivity contribution >= 4 is 28.5 Å². The van der Waals surface area contributed by atoms with Crippen molar-refractivity contribution in [3.8, 4) is 0 Å². The Kier molecular flexibility index (Phi) is 5.46. The van der Waals surface area contributed by atoms with Crippen molar-refractivity contribution in [1.29, 1.82) is 0 Å². The van der Waals surface area contributed by atoms with Gasteiger partial charge in [-0.05, 0) is 27.7 Å². The first-order chi connectivity index (χ1) is 10.7. The Morgan fingerprint density at radius 1 is 1.35 bits per heavy atom. The van der Waals surface area contributed by atoms with E-state index in [1.807, 2.05) is 27.7 Å². The van der Waals surface area contributed by atoms with Crippen LogP contribution >= 0.6 is 11.3 Å². The molecule has 1 aromatic rings. The maximum absolute atomic E-state index is 12.0. The van der Waals surface area contributed by atoms with E-state index in [0.29, 0.717) is 30.9 Å². The van der Waals surface area contributed by atoms with Gasteiger partial charge in [-0.15, -0.1) is 11.3 Å². The second-order valence-electron chi connectivity index (χ2n) is 6.44. The lowest BCUT2D eigenvalue weighted by molar-refractivity contribution is 0.00795. The van der Waals surface area contributed by atoms with Crippen LogP contribution in [0.5, 0.6) is 0 Å². The van der Waals surface area contributed by atoms with Gasteiger partial charge in [-0.1, -0.05) is 0 Å². The number of aromatic nitrogens is 1. The standard InChI is InChI=1S/C15H23N3O4S/c1-10-16-9-12(23-10)17-13(19)21-11-5-7-18(8-6-11)14(20)22-15(2,3)4/h9,11H,5-8H2,1-4H3,(H,17,19). The van der Waals surface area contributed by atoms with Gasteiger partial charge in [0.2, 0.25) is 0 Å². The summed E-state index contributed by atoms with van der Waals surface area (Å²) in [6.45, 7) is 8.43. The SMILES string of the molecule is Cc1ncc(NC(=O)OC2CCN(C(=O)OC(C)(C)C)CC2)s1. The number of ether oxygens (including phenoxy) is 2. The molecule has 1 saturated heterocycles. The number of nitrogens with zero attached hydrogens (tertiary/aromatic N) is 2. The van der Waals surface area contributed by atoms with Gasteiger partial charge in [-0.2, -0.15) is 0 Å². The molecule has 1 aliphatic heterocycles. The van der Waals surface area contributed by atoms with Crippen molar-refractivity contribution in [3.63, 3.8) is 0 Å². The van der Waals surface area contributed by atoms with Gasteiger partial charge in [-0.3, -0.25) is 5.32 Å². The summed E-state index contributed by atoms with van der Waals surface area (Å²) in [7, 11) is 0. The number of amides is 2. The summed E-state index contributed by atoms with van der Waals surface area (Å²) in [6.07, 6.45) is 1.82. The number of anilines is 1. The summed E-state index contributed by atoms with van der Waals surface area (Å²) in [4.78, 5) is 29.5. The second-order valence-corrected chi connectivity index (χ2v) is 7.68. The van der Waals surface area contributed by atoms with Crippen LogP contribution in [0.2, 0.25) is 0 Å². The van der Waals surface area contributed by atoms with Gasteiger partial charge in [0.1, 0.15) is 16.7 Å². The van der Waals surface area contributed by atoms with Gasteiger partial charge < -0.3 is 14.4 Å². The molecule has 1 aromatic heterocycles. The number of hydrogen-bond donors (Lipinski definition) is 1. The zero-order valence-electron chi connectivity index (χ0n) is 13.9. The molecule has 8 heteroatoms. The van der Waals surface area contributed by atoms with Crippen molar-refractivity contribution in [1.82, 2.24) is 9.88 Å². The highest BCUT2D eigenvalue weighted by Gasteiger charge is 2.28. The number of carbonyl (C=O) groups excluding carboxylic acids is 2. The molecule has 23 heavy (non-hydrogen) atoms. The summed E-state index contributed by atoms with van der Waals surface area (Å²) in [6, 6.07) is 0. The minimum absolute atomic E-state index is 0.192. The monoisotopic (exact) mass is 341 g/mol. The van der Waals surface area contributed by atoms with Crippen molar-refractivity contribution in [2.75, 3.05) is 18.4 Å². The van der Waals surface area contributed by atoms with Crippen LogP contribution in [0.25, 0.3) is 0 Å². The minimum Gasteiger partial charge on any atom is -0.446 e. The molecule has 1 aliphatic rings. The average Bonchev–Trinajstić information content (AvgIpc) is 2.82. The smallest absolute Gasteiger partial charge is 0.412 e. The van der Waals surface area contributed by atoms with Crippen LogP contribution in [0.4, 0.5) is 14.6 Å². The lowest BCUT2D eigenvalue weighted by Crippen LogP contribution is -2.44. The molecule has 0 unspecified atom stereocenters. The van der Waals surface area contributed by atoms with Gasteiger partial charge >= 0.3 is 12.2 Å². The number of aryl methyl sites for hydroxylation is 1. The average molecular weight is 341 g/mol. The summed E-state index contributed by atoms with van der Waals surface area (Å²) < 4.78 is 10.7. The van der Waals surface area contributed by atoms with Gasteiger partial charge in [-0.25, -0.2) is 14.6 Å². The Morgan fingerprint density at radius 2 is 2.00 bits per heavy atom. The van der Waals surface area contributed by atoms with Gasteiger partial charge in [0.25, 0.3) is 0 Å². The van der Waals surface area contributed by atoms with E-state index >= 15 is 0 Å². The van der Waals surface area contributed by atoms with Gasteiger partial charge in [0, 0.05) is 25.9 Å². The number of thiazole rings is 1. The fourth-order valence-corrected chi connectivity index (χ4v) is 2.85. The maximum Gasteiger partial charge on any atom is 0.412 e. The van der Waals surface area contributed by atoms with Gasteiger partial charge in [0.05, 0.1) is 11.2 Å². The van der Waals surface area contributed by atoms with Crippen molar-refractivity contribution < 1.29 is 19.1 Å². The third kappa shape index (κ3) is 5.70. The Labute approximate surface area is 140 Å². The Balaban J connectivity index is 1.74. The molecule has 128 valence electrons. The second kappa shape index (κ2) is 7.16. The van der Waals surface area contributed by atoms with E-state index in [1.165, 1.54) is 11.3 Å². The predicted octanol–water partition coefficient (Wildman–Crippen LogP) is 3.40. The largest absolute Gasteiger partial charge is 0.446 e. The fourth-order valence-electron chi connectivity index (χ4n) is 2.18. The molecule has 2 rings (SSSR count). The summed E-state index contributed by atoms with van der Waals surface area (Å²) in [5, 5.41) is 4.21. The molecule has 1 fully saturated rings. The van der Waals surface area contributed by atoms with E-state index in [9.17, 15) is 9.59 Å². The highest BCUT2D eigenvalue weighted by molar-refractivity contribution is 7.15. The quantitative estimate of drug-likeness (QED) is 0.891. The van der Waals surface area contributed by atoms with E-state index in [1.54, 1.807) is 11.1 Å². The molecule has 0 aromatic carbocycles. The molecule has 0 aliphatic carbocycles. The molecular weight excluding hydrogens is 318 g/mol. The summed E-state index contributed by atoms with van der Waals surface area (Å²) >= 11 is 1.40. The number of piperidine rings is 1. The van der Waals surface area contributed by atoms with Crippen molar-refractivity contribution in [2.45, 2.75) is 52.2 Å². The van der Waals surface area contributed by atoms with Crippen LogP contribution in [0.15, 0.2) is 6.20 Å². The van der Waals surface area contributed by atoms with Crippen LogP contribution in [-0.2, 0) is 9.47 Å². The third-order valence-electron chi connectivity index (χ3n) is 3.21. The molecule has 0 saturated carbocycles. The summed E-state index contributed by atoms with van der Waals surface area (Å²) in [5.41, 5.74) is -0.503. The number of rotatable bonds is 2. The first-order valence-corrected chi connectivity index (χ1v) is 8.42. The first-order valence-electron chi connectivity index (χ1n) is 7.61. The van der Waals surface area contributed by atoms with Crippen LogP contribution < -0.4 is 5.32 Å².